The molecule has 0 aliphatic carbocycles. The molecule has 0 fully saturated rings. The van der Waals surface area contributed by atoms with Crippen molar-refractivity contribution in [3.63, 3.8) is 0 Å². The van der Waals surface area contributed by atoms with Crippen LogP contribution in [-0.4, -0.2) is 25.3 Å². The molecule has 0 spiro atoms. The van der Waals surface area contributed by atoms with Gasteiger partial charge < -0.3 is 9.13 Å². The predicted molar refractivity (Wildman–Crippen MR) is 404 cm³/mol. The molecule has 0 aliphatic rings. The van der Waals surface area contributed by atoms with Gasteiger partial charge in [0.15, 0.2) is 16.1 Å². The molecule has 2 aromatic heterocycles. The van der Waals surface area contributed by atoms with Gasteiger partial charge >= 0.3 is 0 Å². The van der Waals surface area contributed by atoms with Crippen molar-refractivity contribution >= 4 is 101 Å². The third-order valence-electron chi connectivity index (χ3n) is 19.6. The summed E-state index contributed by atoms with van der Waals surface area (Å²) in [6.45, 7) is 0. The van der Waals surface area contributed by atoms with E-state index in [4.69, 9.17) is 0 Å². The zero-order valence-corrected chi connectivity index (χ0v) is 53.8. The second kappa shape index (κ2) is 23.9. The second-order valence-electron chi connectivity index (χ2n) is 24.6. The number of rotatable bonds is 14. The van der Waals surface area contributed by atoms with Gasteiger partial charge in [-0.25, -0.2) is 0 Å². The van der Waals surface area contributed by atoms with E-state index in [2.05, 4.69) is 397 Å². The van der Waals surface area contributed by atoms with E-state index in [0.29, 0.717) is 0 Å². The molecule has 4 heteroatoms. The molecule has 94 heavy (non-hydrogen) atoms. The standard InChI is InChI=1S/C90H64N2Si2/c1-9-31-65(32-10-1)69-39-29-49-76(59-69)94(75-47-23-8-24-48-75,77-50-30-40-70(60-77)66-33-11-2-12-34-66)79-62-83(67-35-13-3-14-36-67)90(84(63-79)68-37-15-4-16-38-68)92-87-54-28-26-52-81(87)85-61-71(55-58-88(85)92)91-86-53-27-25-51-80(86)82-57-56-78(64-89(82)91)93(72-41-17-5-18-42-72,73-43-19-6-20-44-73)74-45-21-7-22-46-74/h1-64H. The Morgan fingerprint density at radius 2 is 0.500 bits per heavy atom. The fourth-order valence-electron chi connectivity index (χ4n) is 15.5. The van der Waals surface area contributed by atoms with Gasteiger partial charge in [-0.2, -0.15) is 0 Å². The van der Waals surface area contributed by atoms with Gasteiger partial charge in [0.25, 0.3) is 0 Å². The highest BCUT2D eigenvalue weighted by Crippen LogP contribution is 2.43. The first-order chi connectivity index (χ1) is 46.6. The minimum atomic E-state index is -3.34. The number of benzene rings is 15. The zero-order chi connectivity index (χ0) is 62.4. The summed E-state index contributed by atoms with van der Waals surface area (Å²) in [6, 6.07) is 146. The summed E-state index contributed by atoms with van der Waals surface area (Å²) in [5.41, 5.74) is 16.3. The van der Waals surface area contributed by atoms with Crippen LogP contribution < -0.4 is 41.5 Å². The van der Waals surface area contributed by atoms with E-state index in [-0.39, 0.29) is 0 Å². The summed E-state index contributed by atoms with van der Waals surface area (Å²) in [7, 11) is -6.23. The van der Waals surface area contributed by atoms with Crippen LogP contribution in [0.5, 0.6) is 0 Å². The van der Waals surface area contributed by atoms with E-state index in [1.54, 1.807) is 0 Å². The third-order valence-corrected chi connectivity index (χ3v) is 29.1. The van der Waals surface area contributed by atoms with Crippen molar-refractivity contribution in [2.75, 3.05) is 0 Å². The Bertz CT molecular complexity index is 5340. The molecule has 0 unspecified atom stereocenters. The highest BCUT2D eigenvalue weighted by molar-refractivity contribution is 7.20. The normalized spacial score (nSPS) is 11.8. The van der Waals surface area contributed by atoms with Gasteiger partial charge in [0.05, 0.1) is 27.8 Å². The van der Waals surface area contributed by atoms with Crippen LogP contribution in [0.25, 0.3) is 99.5 Å². The highest BCUT2D eigenvalue weighted by Gasteiger charge is 2.44. The largest absolute Gasteiger partial charge is 0.309 e. The molecule has 15 aromatic carbocycles. The first kappa shape index (κ1) is 56.3. The summed E-state index contributed by atoms with van der Waals surface area (Å²) >= 11 is 0. The topological polar surface area (TPSA) is 9.86 Å². The maximum Gasteiger partial charge on any atom is 0.179 e. The molecule has 0 saturated heterocycles. The van der Waals surface area contributed by atoms with E-state index in [1.807, 2.05) is 0 Å². The number of hydrogen-bond donors (Lipinski definition) is 0. The smallest absolute Gasteiger partial charge is 0.179 e. The van der Waals surface area contributed by atoms with Crippen molar-refractivity contribution in [3.8, 4) is 55.9 Å². The van der Waals surface area contributed by atoms with E-state index in [1.165, 1.54) is 96.3 Å². The lowest BCUT2D eigenvalue weighted by molar-refractivity contribution is 1.17. The fraction of sp³-hybridized carbons (Fsp3) is 0. The molecule has 0 amide bonds. The van der Waals surface area contributed by atoms with Crippen LogP contribution in [0.1, 0.15) is 0 Å². The van der Waals surface area contributed by atoms with Crippen molar-refractivity contribution in [1.29, 1.82) is 0 Å². The molecule has 2 nitrogen and oxygen atoms in total. The van der Waals surface area contributed by atoms with Crippen LogP contribution in [0.2, 0.25) is 0 Å². The Morgan fingerprint density at radius 3 is 0.957 bits per heavy atom. The van der Waals surface area contributed by atoms with Crippen molar-refractivity contribution in [1.82, 2.24) is 9.13 Å². The minimum absolute atomic E-state index is 1.11. The van der Waals surface area contributed by atoms with Crippen LogP contribution in [0.4, 0.5) is 0 Å². The fourth-order valence-corrected chi connectivity index (χ4v) is 25.1. The van der Waals surface area contributed by atoms with Crippen LogP contribution in [0.15, 0.2) is 388 Å². The zero-order valence-electron chi connectivity index (χ0n) is 51.8. The first-order valence-corrected chi connectivity index (χ1v) is 36.6. The number of hydrogen-bond acceptors (Lipinski definition) is 0. The van der Waals surface area contributed by atoms with Crippen molar-refractivity contribution in [3.05, 3.63) is 388 Å². The Morgan fingerprint density at radius 1 is 0.170 bits per heavy atom. The lowest BCUT2D eigenvalue weighted by atomic mass is 9.95. The number of fused-ring (bicyclic) bond motifs is 6. The number of para-hydroxylation sites is 2. The second-order valence-corrected chi connectivity index (χ2v) is 32.3. The van der Waals surface area contributed by atoms with E-state index >= 15 is 0 Å². The van der Waals surface area contributed by atoms with Crippen LogP contribution in [-0.2, 0) is 0 Å². The van der Waals surface area contributed by atoms with Crippen molar-refractivity contribution < 1.29 is 0 Å². The minimum Gasteiger partial charge on any atom is -0.309 e. The van der Waals surface area contributed by atoms with Gasteiger partial charge in [-0.15, -0.1) is 0 Å². The molecule has 0 bridgehead atoms. The third kappa shape index (κ3) is 9.37. The van der Waals surface area contributed by atoms with E-state index in [0.717, 1.165) is 44.7 Å². The molecule has 0 aliphatic heterocycles. The number of nitrogens with zero attached hydrogens (tertiary/aromatic N) is 2. The Hall–Kier alpha value is -11.7. The Labute approximate surface area is 550 Å². The van der Waals surface area contributed by atoms with Crippen LogP contribution in [0, 0.1) is 0 Å². The van der Waals surface area contributed by atoms with Crippen LogP contribution in [0.3, 0.4) is 0 Å². The maximum absolute atomic E-state index is 3.34. The Kier molecular flexibility index (Phi) is 14.3. The molecule has 17 rings (SSSR count). The highest BCUT2D eigenvalue weighted by atomic mass is 28.3. The van der Waals surface area contributed by atoms with Gasteiger partial charge in [-0.05, 0) is 111 Å². The first-order valence-electron chi connectivity index (χ1n) is 32.6. The molecule has 0 saturated carbocycles. The molecule has 0 radical (unpaired) electrons. The average molecular weight is 1230 g/mol. The van der Waals surface area contributed by atoms with Gasteiger partial charge in [0.1, 0.15) is 0 Å². The average Bonchev–Trinajstić information content (AvgIpc) is 1.15. The summed E-state index contributed by atoms with van der Waals surface area (Å²) in [5, 5.41) is 15.4. The molecule has 0 atom stereocenters. The van der Waals surface area contributed by atoms with Gasteiger partial charge in [-0.3, -0.25) is 0 Å². The molecule has 0 N–H and O–H groups in total. The van der Waals surface area contributed by atoms with Gasteiger partial charge in [-0.1, -0.05) is 352 Å². The lowest BCUT2D eigenvalue weighted by Crippen LogP contribution is -2.74. The summed E-state index contributed by atoms with van der Waals surface area (Å²) in [4.78, 5) is 0. The van der Waals surface area contributed by atoms with Gasteiger partial charge in [0.2, 0.25) is 0 Å². The van der Waals surface area contributed by atoms with E-state index < -0.39 is 16.1 Å². The molecule has 17 aromatic rings. The Balaban J connectivity index is 0.949. The molecule has 2 heterocycles. The van der Waals surface area contributed by atoms with E-state index in [9.17, 15) is 0 Å². The lowest BCUT2D eigenvalue weighted by Gasteiger charge is -2.36. The quantitative estimate of drug-likeness (QED) is 0.0759. The molecule has 442 valence electrons. The van der Waals surface area contributed by atoms with Crippen molar-refractivity contribution in [2.24, 2.45) is 0 Å². The van der Waals surface area contributed by atoms with Crippen molar-refractivity contribution in [2.45, 2.75) is 0 Å². The monoisotopic (exact) mass is 1230 g/mol. The maximum atomic E-state index is 2.59. The summed E-state index contributed by atoms with van der Waals surface area (Å²) in [5.74, 6) is 0. The summed E-state index contributed by atoms with van der Waals surface area (Å²) in [6.07, 6.45) is 0. The summed E-state index contributed by atoms with van der Waals surface area (Å²) < 4.78 is 5.12. The van der Waals surface area contributed by atoms with Crippen LogP contribution >= 0.6 is 0 Å². The molecular formula is C90H64N2Si2. The van der Waals surface area contributed by atoms with Gasteiger partial charge in [0, 0.05) is 38.4 Å². The predicted octanol–water partition coefficient (Wildman–Crippen LogP) is 17.3. The molecular weight excluding hydrogens is 1170 g/mol. The number of aromatic nitrogens is 2. The SMILES string of the molecule is c1ccc(-c2cccc([Si](c3ccccc3)(c3cccc(-c4ccccc4)c3)c3cc(-c4ccccc4)c(-n4c5ccccc5c5cc(-n6c7ccccc7c7ccc([Si](c8ccccc8)(c8ccccc8)c8ccccc8)cc76)ccc54)c(-c4ccccc4)c3)c2)cc1.